The molecule has 2 aliphatic heterocycles. The Morgan fingerprint density at radius 3 is 2.36 bits per heavy atom. The summed E-state index contributed by atoms with van der Waals surface area (Å²) < 4.78 is 19.0. The molecule has 1 N–H and O–H groups in total. The fourth-order valence-corrected chi connectivity index (χ4v) is 5.83. The Morgan fingerprint density at radius 1 is 1.03 bits per heavy atom. The summed E-state index contributed by atoms with van der Waals surface area (Å²) in [6.07, 6.45) is 0.504. The van der Waals surface area contributed by atoms with Crippen LogP contribution in [0.3, 0.4) is 0 Å². The summed E-state index contributed by atoms with van der Waals surface area (Å²) in [4.78, 5) is 31.4. The molecule has 0 bridgehead atoms. The Labute approximate surface area is 236 Å². The fraction of sp³-hybridized carbons (Fsp3) is 0.357. The van der Waals surface area contributed by atoms with E-state index >= 15 is 0 Å². The number of ether oxygens (including phenoxy) is 1. The second kappa shape index (κ2) is 11.5. The van der Waals surface area contributed by atoms with Gasteiger partial charge in [0.15, 0.2) is 16.8 Å². The average Bonchev–Trinajstić information content (AvgIpc) is 3.40. The molecular formula is C28H28Cl2FN5O3. The molecule has 1 aromatic heterocycles. The fourth-order valence-electron chi connectivity index (χ4n) is 5.60. The van der Waals surface area contributed by atoms with Gasteiger partial charge in [0.2, 0.25) is 0 Å². The van der Waals surface area contributed by atoms with Gasteiger partial charge in [0.1, 0.15) is 17.1 Å². The van der Waals surface area contributed by atoms with Gasteiger partial charge in [-0.05, 0) is 66.9 Å². The minimum atomic E-state index is -1.20. The SMILES string of the molecule is CN(C(=O)Oc1ccc(F)cc1)[C@]1(C(=O)C2CCN(c3ccc(Cl)nn3)CC2)CNC[C@H]1c1ccc(Cl)cc1. The topological polar surface area (TPSA) is 87.7 Å². The van der Waals surface area contributed by atoms with Crippen molar-refractivity contribution in [2.75, 3.05) is 38.1 Å². The molecule has 0 aliphatic carbocycles. The van der Waals surface area contributed by atoms with E-state index in [0.717, 1.165) is 5.56 Å². The lowest BCUT2D eigenvalue weighted by Gasteiger charge is -2.44. The maximum atomic E-state index is 14.5. The molecule has 8 nitrogen and oxygen atoms in total. The van der Waals surface area contributed by atoms with Crippen LogP contribution in [0, 0.1) is 11.7 Å². The number of nitrogens with zero attached hydrogens (tertiary/aromatic N) is 4. The quantitative estimate of drug-likeness (QED) is 0.447. The van der Waals surface area contributed by atoms with Crippen molar-refractivity contribution in [2.45, 2.75) is 24.3 Å². The van der Waals surface area contributed by atoms with E-state index in [1.807, 2.05) is 18.2 Å². The Bertz CT molecular complexity index is 1320. The van der Waals surface area contributed by atoms with Crippen molar-refractivity contribution in [3.63, 3.8) is 0 Å². The van der Waals surface area contributed by atoms with Crippen LogP contribution in [0.2, 0.25) is 10.2 Å². The molecule has 3 aromatic rings. The Morgan fingerprint density at radius 2 is 1.72 bits per heavy atom. The van der Waals surface area contributed by atoms with Crippen LogP contribution >= 0.6 is 23.2 Å². The number of carbonyl (C=O) groups is 2. The number of hydrogen-bond acceptors (Lipinski definition) is 7. The van der Waals surface area contributed by atoms with Gasteiger partial charge in [-0.1, -0.05) is 35.3 Å². The molecular weight excluding hydrogens is 544 g/mol. The van der Waals surface area contributed by atoms with E-state index in [0.29, 0.717) is 48.5 Å². The van der Waals surface area contributed by atoms with Crippen molar-refractivity contribution in [3.05, 3.63) is 82.2 Å². The summed E-state index contributed by atoms with van der Waals surface area (Å²) >= 11 is 12.0. The van der Waals surface area contributed by atoms with Crippen LogP contribution in [0.15, 0.2) is 60.7 Å². The molecule has 11 heteroatoms. The number of aromatic nitrogens is 2. The van der Waals surface area contributed by atoms with Crippen molar-refractivity contribution < 1.29 is 18.7 Å². The van der Waals surface area contributed by atoms with Gasteiger partial charge in [-0.2, -0.15) is 0 Å². The van der Waals surface area contributed by atoms with Crippen LogP contribution in [0.1, 0.15) is 24.3 Å². The third kappa shape index (κ3) is 5.57. The predicted molar refractivity (Wildman–Crippen MR) is 147 cm³/mol. The third-order valence-corrected chi connectivity index (χ3v) is 8.17. The van der Waals surface area contributed by atoms with Gasteiger partial charge >= 0.3 is 6.09 Å². The molecule has 2 atom stereocenters. The Hall–Kier alpha value is -3.27. The number of rotatable bonds is 6. The van der Waals surface area contributed by atoms with Crippen molar-refractivity contribution in [3.8, 4) is 5.75 Å². The van der Waals surface area contributed by atoms with E-state index in [-0.39, 0.29) is 29.9 Å². The molecule has 3 heterocycles. The number of carbonyl (C=O) groups excluding carboxylic acids is 2. The predicted octanol–water partition coefficient (Wildman–Crippen LogP) is 4.96. The van der Waals surface area contributed by atoms with E-state index < -0.39 is 17.4 Å². The molecule has 2 aromatic carbocycles. The molecule has 2 saturated heterocycles. The van der Waals surface area contributed by atoms with Gasteiger partial charge in [-0.3, -0.25) is 9.69 Å². The van der Waals surface area contributed by atoms with Gasteiger partial charge in [0.05, 0.1) is 0 Å². The van der Waals surface area contributed by atoms with Gasteiger partial charge in [-0.15, -0.1) is 10.2 Å². The number of halogens is 3. The zero-order valence-electron chi connectivity index (χ0n) is 21.3. The average molecular weight is 572 g/mol. The Balaban J connectivity index is 1.42. The molecule has 0 spiro atoms. The second-order valence-electron chi connectivity index (χ2n) is 9.88. The molecule has 2 fully saturated rings. The zero-order valence-corrected chi connectivity index (χ0v) is 22.8. The zero-order chi connectivity index (χ0) is 27.6. The summed E-state index contributed by atoms with van der Waals surface area (Å²) in [6, 6.07) is 16.1. The second-order valence-corrected chi connectivity index (χ2v) is 10.7. The molecule has 204 valence electrons. The van der Waals surface area contributed by atoms with Gasteiger partial charge < -0.3 is 15.0 Å². The van der Waals surface area contributed by atoms with E-state index in [2.05, 4.69) is 20.4 Å². The number of likely N-dealkylation sites (N-methyl/N-ethyl adjacent to an activating group) is 1. The number of ketones is 1. The summed E-state index contributed by atoms with van der Waals surface area (Å²) in [7, 11) is 1.60. The number of anilines is 1. The van der Waals surface area contributed by atoms with Gasteiger partial charge in [-0.25, -0.2) is 9.18 Å². The first kappa shape index (κ1) is 27.3. The minimum absolute atomic E-state index is 0.0205. The highest BCUT2D eigenvalue weighted by Crippen LogP contribution is 2.41. The van der Waals surface area contributed by atoms with Crippen LogP contribution < -0.4 is 15.0 Å². The molecule has 2 aliphatic rings. The largest absolute Gasteiger partial charge is 0.415 e. The van der Waals surface area contributed by atoms with Crippen LogP contribution in [-0.2, 0) is 4.79 Å². The third-order valence-electron chi connectivity index (χ3n) is 7.72. The standard InChI is InChI=1S/C28H28Cl2FN5O3/c1-35(27(38)39-22-8-6-21(31)7-9-22)28(17-32-16-23(28)18-2-4-20(29)5-3-18)26(37)19-12-14-36(15-13-19)25-11-10-24(30)33-34-25/h2-11,19,23,32H,12-17H2,1H3/t23-,28+/m0/s1. The Kier molecular flexibility index (Phi) is 8.02. The van der Waals surface area contributed by atoms with Crippen molar-refractivity contribution in [2.24, 2.45) is 5.92 Å². The van der Waals surface area contributed by atoms with Crippen LogP contribution in [0.4, 0.5) is 15.0 Å². The lowest BCUT2D eigenvalue weighted by atomic mass is 9.72. The highest BCUT2D eigenvalue weighted by atomic mass is 35.5. The normalized spacial score (nSPS) is 21.5. The van der Waals surface area contributed by atoms with E-state index in [1.165, 1.54) is 29.2 Å². The number of nitrogens with one attached hydrogen (secondary N) is 1. The maximum absolute atomic E-state index is 14.5. The molecule has 0 saturated carbocycles. The number of benzene rings is 2. The van der Waals surface area contributed by atoms with Crippen LogP contribution in [0.5, 0.6) is 5.75 Å². The maximum Gasteiger partial charge on any atom is 0.415 e. The number of piperidine rings is 1. The highest BCUT2D eigenvalue weighted by Gasteiger charge is 2.56. The number of amides is 1. The molecule has 1 amide bonds. The number of Topliss-reactive ketones (excluding diaryl/α,β-unsaturated/α-hetero) is 1. The summed E-state index contributed by atoms with van der Waals surface area (Å²) in [6.45, 7) is 2.01. The highest BCUT2D eigenvalue weighted by molar-refractivity contribution is 6.30. The van der Waals surface area contributed by atoms with Crippen molar-refractivity contribution in [1.29, 1.82) is 0 Å². The molecule has 0 unspecified atom stereocenters. The summed E-state index contributed by atoms with van der Waals surface area (Å²) in [5.74, 6) is -0.157. The molecule has 39 heavy (non-hydrogen) atoms. The first-order valence-corrected chi connectivity index (χ1v) is 13.5. The monoisotopic (exact) mass is 571 g/mol. The first-order chi connectivity index (χ1) is 18.8. The molecule has 5 rings (SSSR count). The minimum Gasteiger partial charge on any atom is -0.410 e. The van der Waals surface area contributed by atoms with E-state index in [9.17, 15) is 14.0 Å². The van der Waals surface area contributed by atoms with E-state index in [4.69, 9.17) is 27.9 Å². The summed E-state index contributed by atoms with van der Waals surface area (Å²) in [5.41, 5.74) is -0.300. The van der Waals surface area contributed by atoms with E-state index in [1.54, 1.807) is 25.2 Å². The first-order valence-electron chi connectivity index (χ1n) is 12.7. The lowest BCUT2D eigenvalue weighted by molar-refractivity contribution is -0.134. The smallest absolute Gasteiger partial charge is 0.410 e. The van der Waals surface area contributed by atoms with Crippen LogP contribution in [-0.4, -0.2) is 65.7 Å². The lowest BCUT2D eigenvalue weighted by Crippen LogP contribution is -2.62. The molecule has 0 radical (unpaired) electrons. The number of hydrogen-bond donors (Lipinski definition) is 1. The van der Waals surface area contributed by atoms with Gasteiger partial charge in [0, 0.05) is 50.1 Å². The van der Waals surface area contributed by atoms with Crippen molar-refractivity contribution >= 4 is 40.9 Å². The van der Waals surface area contributed by atoms with Crippen molar-refractivity contribution in [1.82, 2.24) is 20.4 Å². The van der Waals surface area contributed by atoms with Gasteiger partial charge in [0.25, 0.3) is 0 Å². The van der Waals surface area contributed by atoms with Crippen LogP contribution in [0.25, 0.3) is 0 Å². The summed E-state index contributed by atoms with van der Waals surface area (Å²) in [5, 5.41) is 12.3.